The standard InChI is InChI=1S/C19H26N2O5S/c22-19(21-10-13-26-18-7-2-1-6-17(18)21)15-4-3-5-16(14-15)27(23,24)20-8-11-25-12-9-20/h3-5,14,17-18H,1-2,6-13H2. The van der Waals surface area contributed by atoms with Gasteiger partial charge in [-0.15, -0.1) is 0 Å². The van der Waals surface area contributed by atoms with E-state index in [1.165, 1.54) is 10.4 Å². The minimum Gasteiger partial charge on any atom is -0.379 e. The number of ether oxygens (including phenoxy) is 2. The summed E-state index contributed by atoms with van der Waals surface area (Å²) in [6, 6.07) is 6.53. The molecule has 3 aliphatic rings. The van der Waals surface area contributed by atoms with Gasteiger partial charge in [0.2, 0.25) is 10.0 Å². The highest BCUT2D eigenvalue weighted by molar-refractivity contribution is 7.89. The summed E-state index contributed by atoms with van der Waals surface area (Å²) in [5.74, 6) is -0.103. The van der Waals surface area contributed by atoms with Crippen LogP contribution >= 0.6 is 0 Å². The molecule has 2 unspecified atom stereocenters. The number of sulfonamides is 1. The van der Waals surface area contributed by atoms with Gasteiger partial charge >= 0.3 is 0 Å². The molecule has 27 heavy (non-hydrogen) atoms. The molecule has 0 aromatic heterocycles. The number of fused-ring (bicyclic) bond motifs is 1. The van der Waals surface area contributed by atoms with Gasteiger partial charge in [-0.25, -0.2) is 8.42 Å². The Hall–Kier alpha value is -1.48. The number of rotatable bonds is 3. The number of hydrogen-bond acceptors (Lipinski definition) is 5. The van der Waals surface area contributed by atoms with Crippen LogP contribution < -0.4 is 0 Å². The van der Waals surface area contributed by atoms with E-state index in [0.717, 1.165) is 25.7 Å². The van der Waals surface area contributed by atoms with E-state index in [2.05, 4.69) is 0 Å². The number of carbonyl (C=O) groups is 1. The lowest BCUT2D eigenvalue weighted by Crippen LogP contribution is -2.54. The van der Waals surface area contributed by atoms with E-state index in [-0.39, 0.29) is 22.9 Å². The molecule has 2 saturated heterocycles. The largest absolute Gasteiger partial charge is 0.379 e. The van der Waals surface area contributed by atoms with Crippen LogP contribution in [0.25, 0.3) is 0 Å². The molecule has 1 aliphatic carbocycles. The Morgan fingerprint density at radius 3 is 2.63 bits per heavy atom. The first-order valence-corrected chi connectivity index (χ1v) is 11.1. The zero-order chi connectivity index (χ0) is 18.9. The minimum atomic E-state index is -3.61. The highest BCUT2D eigenvalue weighted by Crippen LogP contribution is 2.30. The first-order valence-electron chi connectivity index (χ1n) is 9.68. The lowest BCUT2D eigenvalue weighted by molar-refractivity contribution is -0.0752. The van der Waals surface area contributed by atoms with Crippen LogP contribution in [0.3, 0.4) is 0 Å². The van der Waals surface area contributed by atoms with E-state index in [4.69, 9.17) is 9.47 Å². The average Bonchev–Trinajstić information content (AvgIpc) is 2.73. The van der Waals surface area contributed by atoms with Gasteiger partial charge in [-0.3, -0.25) is 4.79 Å². The molecule has 0 bridgehead atoms. The molecule has 148 valence electrons. The van der Waals surface area contributed by atoms with Gasteiger partial charge < -0.3 is 14.4 Å². The van der Waals surface area contributed by atoms with Crippen molar-refractivity contribution in [2.24, 2.45) is 0 Å². The average molecular weight is 394 g/mol. The van der Waals surface area contributed by atoms with Crippen LogP contribution in [0.5, 0.6) is 0 Å². The third-order valence-electron chi connectivity index (χ3n) is 5.68. The number of carbonyl (C=O) groups excluding carboxylic acids is 1. The van der Waals surface area contributed by atoms with E-state index in [0.29, 0.717) is 45.0 Å². The Morgan fingerprint density at radius 2 is 1.81 bits per heavy atom. The number of nitrogens with zero attached hydrogens (tertiary/aromatic N) is 2. The quantitative estimate of drug-likeness (QED) is 0.776. The predicted octanol–water partition coefficient (Wildman–Crippen LogP) is 1.49. The van der Waals surface area contributed by atoms with E-state index in [1.807, 2.05) is 4.90 Å². The third kappa shape index (κ3) is 3.76. The molecular weight excluding hydrogens is 368 g/mol. The Kier molecular flexibility index (Phi) is 5.50. The maximum absolute atomic E-state index is 13.2. The highest BCUT2D eigenvalue weighted by Gasteiger charge is 2.37. The first kappa shape index (κ1) is 18.9. The molecule has 2 atom stereocenters. The second-order valence-electron chi connectivity index (χ2n) is 7.30. The van der Waals surface area contributed by atoms with E-state index < -0.39 is 10.0 Å². The Labute approximate surface area is 160 Å². The molecule has 7 nitrogen and oxygen atoms in total. The minimum absolute atomic E-state index is 0.0968. The predicted molar refractivity (Wildman–Crippen MR) is 99.1 cm³/mol. The van der Waals surface area contributed by atoms with E-state index >= 15 is 0 Å². The molecule has 1 aromatic rings. The summed E-state index contributed by atoms with van der Waals surface area (Å²) in [5, 5.41) is 0. The lowest BCUT2D eigenvalue weighted by Gasteiger charge is -2.43. The normalized spacial score (nSPS) is 27.2. The van der Waals surface area contributed by atoms with Gasteiger partial charge in [-0.05, 0) is 31.0 Å². The van der Waals surface area contributed by atoms with Gasteiger partial charge in [-0.1, -0.05) is 18.9 Å². The fraction of sp³-hybridized carbons (Fsp3) is 0.632. The molecule has 1 saturated carbocycles. The van der Waals surface area contributed by atoms with Crippen molar-refractivity contribution in [1.82, 2.24) is 9.21 Å². The molecule has 1 aromatic carbocycles. The van der Waals surface area contributed by atoms with Crippen LogP contribution in [0.1, 0.15) is 36.0 Å². The zero-order valence-corrected chi connectivity index (χ0v) is 16.2. The second-order valence-corrected chi connectivity index (χ2v) is 9.24. The van der Waals surface area contributed by atoms with Crippen molar-refractivity contribution >= 4 is 15.9 Å². The van der Waals surface area contributed by atoms with Crippen molar-refractivity contribution in [2.45, 2.75) is 42.7 Å². The fourth-order valence-corrected chi connectivity index (χ4v) is 5.69. The second kappa shape index (κ2) is 7.87. The van der Waals surface area contributed by atoms with Crippen molar-refractivity contribution in [1.29, 1.82) is 0 Å². The van der Waals surface area contributed by atoms with Crippen LogP contribution in [0, 0.1) is 0 Å². The number of morpholine rings is 2. The first-order chi connectivity index (χ1) is 13.1. The van der Waals surface area contributed by atoms with Crippen LogP contribution in [0.15, 0.2) is 29.2 Å². The van der Waals surface area contributed by atoms with Crippen LogP contribution in [0.2, 0.25) is 0 Å². The molecule has 1 amide bonds. The van der Waals surface area contributed by atoms with E-state index in [1.54, 1.807) is 18.2 Å². The van der Waals surface area contributed by atoms with Crippen LogP contribution in [-0.4, -0.2) is 75.1 Å². The van der Waals surface area contributed by atoms with Crippen LogP contribution in [0.4, 0.5) is 0 Å². The molecule has 2 heterocycles. The summed E-state index contributed by atoms with van der Waals surface area (Å²) in [5.41, 5.74) is 0.426. The summed E-state index contributed by atoms with van der Waals surface area (Å²) >= 11 is 0. The molecule has 8 heteroatoms. The molecule has 4 rings (SSSR count). The molecule has 3 fully saturated rings. The summed E-state index contributed by atoms with van der Waals surface area (Å²) in [4.78, 5) is 15.2. The van der Waals surface area contributed by atoms with Gasteiger partial charge in [0.1, 0.15) is 0 Å². The van der Waals surface area contributed by atoms with Crippen molar-refractivity contribution in [3.63, 3.8) is 0 Å². The van der Waals surface area contributed by atoms with Crippen LogP contribution in [-0.2, 0) is 19.5 Å². The molecule has 0 spiro atoms. The summed E-state index contributed by atoms with van der Waals surface area (Å²) in [6.07, 6.45) is 4.27. The van der Waals surface area contributed by atoms with Crippen molar-refractivity contribution in [3.8, 4) is 0 Å². The Morgan fingerprint density at radius 1 is 1.04 bits per heavy atom. The van der Waals surface area contributed by atoms with Crippen molar-refractivity contribution in [3.05, 3.63) is 29.8 Å². The van der Waals surface area contributed by atoms with Gasteiger partial charge in [0.15, 0.2) is 0 Å². The fourth-order valence-electron chi connectivity index (χ4n) is 4.24. The monoisotopic (exact) mass is 394 g/mol. The van der Waals surface area contributed by atoms with Gasteiger partial charge in [0.25, 0.3) is 5.91 Å². The Bertz CT molecular complexity index is 789. The number of amides is 1. The summed E-state index contributed by atoms with van der Waals surface area (Å²) in [7, 11) is -3.61. The van der Waals surface area contributed by atoms with Gasteiger partial charge in [-0.2, -0.15) is 4.31 Å². The number of hydrogen-bond donors (Lipinski definition) is 0. The SMILES string of the molecule is O=C(c1cccc(S(=O)(=O)N2CCOCC2)c1)N1CCOC2CCCCC21. The molecule has 2 aliphatic heterocycles. The zero-order valence-electron chi connectivity index (χ0n) is 15.4. The molecular formula is C19H26N2O5S. The van der Waals surface area contributed by atoms with E-state index in [9.17, 15) is 13.2 Å². The highest BCUT2D eigenvalue weighted by atomic mass is 32.2. The molecule has 0 radical (unpaired) electrons. The van der Waals surface area contributed by atoms with Gasteiger partial charge in [0.05, 0.1) is 36.9 Å². The lowest BCUT2D eigenvalue weighted by atomic mass is 9.89. The topological polar surface area (TPSA) is 76.2 Å². The van der Waals surface area contributed by atoms with Crippen molar-refractivity contribution < 1.29 is 22.7 Å². The maximum Gasteiger partial charge on any atom is 0.254 e. The Balaban J connectivity index is 1.57. The molecule has 0 N–H and O–H groups in total. The smallest absolute Gasteiger partial charge is 0.254 e. The third-order valence-corrected chi connectivity index (χ3v) is 7.58. The number of benzene rings is 1. The van der Waals surface area contributed by atoms with Gasteiger partial charge in [0, 0.05) is 25.2 Å². The van der Waals surface area contributed by atoms with Crippen molar-refractivity contribution in [2.75, 3.05) is 39.5 Å². The maximum atomic E-state index is 13.2. The summed E-state index contributed by atoms with van der Waals surface area (Å²) < 4.78 is 38.3. The summed E-state index contributed by atoms with van der Waals surface area (Å²) in [6.45, 7) is 2.57.